The molecule has 128 valence electrons. The smallest absolute Gasteiger partial charge is 0.254 e. The average Bonchev–Trinajstić information content (AvgIpc) is 2.67. The topological polar surface area (TPSA) is 62.6 Å². The van der Waals surface area contributed by atoms with Crippen LogP contribution in [-0.4, -0.2) is 36.6 Å². The van der Waals surface area contributed by atoms with Crippen molar-refractivity contribution in [1.29, 1.82) is 5.26 Å². The molecule has 0 fully saturated rings. The van der Waals surface area contributed by atoms with Gasteiger partial charge in [0.05, 0.1) is 18.2 Å². The van der Waals surface area contributed by atoms with E-state index in [9.17, 15) is 4.79 Å². The van der Waals surface area contributed by atoms with Gasteiger partial charge in [-0.05, 0) is 36.8 Å². The Morgan fingerprint density at radius 3 is 2.80 bits per heavy atom. The summed E-state index contributed by atoms with van der Waals surface area (Å²) in [6.45, 7) is 3.50. The van der Waals surface area contributed by atoms with Crippen molar-refractivity contribution in [2.24, 2.45) is 0 Å². The number of carbonyl (C=O) groups is 1. The molecule has 0 saturated heterocycles. The molecule has 5 heteroatoms. The molecule has 0 saturated carbocycles. The summed E-state index contributed by atoms with van der Waals surface area (Å²) in [5.74, 6) is 1.34. The van der Waals surface area contributed by atoms with Crippen LogP contribution in [0.2, 0.25) is 0 Å². The van der Waals surface area contributed by atoms with Crippen LogP contribution in [0.15, 0.2) is 48.5 Å². The molecule has 1 atom stereocenters. The summed E-state index contributed by atoms with van der Waals surface area (Å²) in [4.78, 5) is 14.6. The summed E-state index contributed by atoms with van der Waals surface area (Å²) < 4.78 is 11.7. The predicted octanol–water partition coefficient (Wildman–Crippen LogP) is 3.25. The van der Waals surface area contributed by atoms with E-state index in [-0.39, 0.29) is 12.0 Å². The second kappa shape index (κ2) is 7.71. The van der Waals surface area contributed by atoms with Crippen LogP contribution in [0, 0.1) is 11.3 Å². The molecule has 2 aromatic carbocycles. The van der Waals surface area contributed by atoms with Crippen LogP contribution >= 0.6 is 0 Å². The highest BCUT2D eigenvalue weighted by Crippen LogP contribution is 2.31. The lowest BCUT2D eigenvalue weighted by molar-refractivity contribution is 0.0462. The molecule has 1 heterocycles. The maximum atomic E-state index is 12.8. The third-order valence-electron chi connectivity index (χ3n) is 4.01. The molecule has 3 rings (SSSR count). The van der Waals surface area contributed by atoms with Gasteiger partial charge in [-0.25, -0.2) is 0 Å². The van der Waals surface area contributed by atoms with E-state index in [1.165, 1.54) is 0 Å². The maximum absolute atomic E-state index is 12.8. The molecule has 0 spiro atoms. The molecular weight excluding hydrogens is 316 g/mol. The number of nitrogens with zero attached hydrogens (tertiary/aromatic N) is 2. The number of ether oxygens (including phenoxy) is 2. The number of rotatable bonds is 5. The first-order valence-corrected chi connectivity index (χ1v) is 8.39. The van der Waals surface area contributed by atoms with Crippen LogP contribution in [0.1, 0.15) is 29.3 Å². The van der Waals surface area contributed by atoms with Crippen LogP contribution in [0.5, 0.6) is 11.5 Å². The Bertz CT molecular complexity index is 798. The summed E-state index contributed by atoms with van der Waals surface area (Å²) in [7, 11) is 0. The van der Waals surface area contributed by atoms with Gasteiger partial charge in [0.25, 0.3) is 5.91 Å². The SMILES string of the molecule is CCCN(CC1COc2ccccc2O1)C(=O)c1cccc(C#N)c1. The van der Waals surface area contributed by atoms with Gasteiger partial charge in [-0.1, -0.05) is 25.1 Å². The molecule has 0 aliphatic carbocycles. The second-order valence-corrected chi connectivity index (χ2v) is 5.94. The van der Waals surface area contributed by atoms with Crippen LogP contribution in [0.3, 0.4) is 0 Å². The first-order chi connectivity index (χ1) is 12.2. The van der Waals surface area contributed by atoms with Crippen molar-refractivity contribution in [3.8, 4) is 17.6 Å². The van der Waals surface area contributed by atoms with Gasteiger partial charge in [0.2, 0.25) is 0 Å². The van der Waals surface area contributed by atoms with Gasteiger partial charge in [0.1, 0.15) is 6.61 Å². The number of carbonyl (C=O) groups excluding carboxylic acids is 1. The zero-order valence-electron chi connectivity index (χ0n) is 14.1. The Labute approximate surface area is 147 Å². The first-order valence-electron chi connectivity index (χ1n) is 8.39. The number of hydrogen-bond acceptors (Lipinski definition) is 4. The van der Waals surface area contributed by atoms with Crippen molar-refractivity contribution >= 4 is 5.91 Å². The number of amides is 1. The summed E-state index contributed by atoms with van der Waals surface area (Å²) in [5, 5.41) is 9.03. The highest BCUT2D eigenvalue weighted by atomic mass is 16.6. The third kappa shape index (κ3) is 3.92. The fraction of sp³-hybridized carbons (Fsp3) is 0.300. The van der Waals surface area contributed by atoms with Crippen molar-refractivity contribution in [3.63, 3.8) is 0 Å². The van der Waals surface area contributed by atoms with Gasteiger partial charge in [0.15, 0.2) is 17.6 Å². The minimum Gasteiger partial charge on any atom is -0.486 e. The largest absolute Gasteiger partial charge is 0.486 e. The van der Waals surface area contributed by atoms with Crippen molar-refractivity contribution in [3.05, 3.63) is 59.7 Å². The number of hydrogen-bond donors (Lipinski definition) is 0. The number of nitriles is 1. The van der Waals surface area contributed by atoms with E-state index in [2.05, 4.69) is 6.07 Å². The molecule has 1 amide bonds. The highest BCUT2D eigenvalue weighted by molar-refractivity contribution is 5.94. The lowest BCUT2D eigenvalue weighted by atomic mass is 10.1. The van der Waals surface area contributed by atoms with Gasteiger partial charge in [-0.15, -0.1) is 0 Å². The Kier molecular flexibility index (Phi) is 5.20. The van der Waals surface area contributed by atoms with Crippen molar-refractivity contribution < 1.29 is 14.3 Å². The van der Waals surface area contributed by atoms with Crippen LogP contribution in [0.25, 0.3) is 0 Å². The van der Waals surface area contributed by atoms with Crippen LogP contribution in [-0.2, 0) is 0 Å². The summed E-state index contributed by atoms with van der Waals surface area (Å²) in [5.41, 5.74) is 0.998. The lowest BCUT2D eigenvalue weighted by Gasteiger charge is -2.31. The van der Waals surface area contributed by atoms with Gasteiger partial charge >= 0.3 is 0 Å². The van der Waals surface area contributed by atoms with Crippen molar-refractivity contribution in [2.45, 2.75) is 19.4 Å². The van der Waals surface area contributed by atoms with Gasteiger partial charge in [-0.2, -0.15) is 5.26 Å². The Morgan fingerprint density at radius 2 is 2.04 bits per heavy atom. The summed E-state index contributed by atoms with van der Waals surface area (Å²) in [6.07, 6.45) is 0.623. The molecule has 1 aliphatic heterocycles. The number of para-hydroxylation sites is 2. The van der Waals surface area contributed by atoms with E-state index in [0.29, 0.717) is 36.6 Å². The fourth-order valence-corrected chi connectivity index (χ4v) is 2.85. The van der Waals surface area contributed by atoms with Gasteiger partial charge in [0, 0.05) is 12.1 Å². The Balaban J connectivity index is 1.73. The maximum Gasteiger partial charge on any atom is 0.254 e. The molecule has 5 nitrogen and oxygen atoms in total. The minimum absolute atomic E-state index is 0.0959. The molecule has 1 unspecified atom stereocenters. The highest BCUT2D eigenvalue weighted by Gasteiger charge is 2.25. The second-order valence-electron chi connectivity index (χ2n) is 5.94. The number of fused-ring (bicyclic) bond motifs is 1. The molecule has 25 heavy (non-hydrogen) atoms. The minimum atomic E-state index is -0.218. The molecule has 0 bridgehead atoms. The third-order valence-corrected chi connectivity index (χ3v) is 4.01. The summed E-state index contributed by atoms with van der Waals surface area (Å²) in [6, 6.07) is 16.4. The van der Waals surface area contributed by atoms with Gasteiger partial charge in [-0.3, -0.25) is 4.79 Å². The van der Waals surface area contributed by atoms with Crippen molar-refractivity contribution in [1.82, 2.24) is 4.90 Å². The fourth-order valence-electron chi connectivity index (χ4n) is 2.85. The van der Waals surface area contributed by atoms with Crippen molar-refractivity contribution in [2.75, 3.05) is 19.7 Å². The molecule has 0 radical (unpaired) electrons. The van der Waals surface area contributed by atoms with Gasteiger partial charge < -0.3 is 14.4 Å². The predicted molar refractivity (Wildman–Crippen MR) is 93.7 cm³/mol. The Hall–Kier alpha value is -3.00. The van der Waals surface area contributed by atoms with E-state index < -0.39 is 0 Å². The monoisotopic (exact) mass is 336 g/mol. The van der Waals surface area contributed by atoms with E-state index in [0.717, 1.165) is 12.2 Å². The van der Waals surface area contributed by atoms with E-state index >= 15 is 0 Å². The standard InChI is InChI=1S/C20H20N2O3/c1-2-10-22(20(23)16-7-5-6-15(11-16)12-21)13-17-14-24-18-8-3-4-9-19(18)25-17/h3-9,11,17H,2,10,13-14H2,1H3. The van der Waals surface area contributed by atoms with E-state index in [1.807, 2.05) is 31.2 Å². The zero-order chi connectivity index (χ0) is 17.6. The molecule has 1 aliphatic rings. The van der Waals surface area contributed by atoms with Crippen LogP contribution < -0.4 is 9.47 Å². The van der Waals surface area contributed by atoms with E-state index in [4.69, 9.17) is 14.7 Å². The normalized spacial score (nSPS) is 15.3. The Morgan fingerprint density at radius 1 is 1.24 bits per heavy atom. The summed E-state index contributed by atoms with van der Waals surface area (Å²) >= 11 is 0. The first kappa shape index (κ1) is 16.8. The zero-order valence-corrected chi connectivity index (χ0v) is 14.1. The molecule has 0 aromatic heterocycles. The molecular formula is C20H20N2O3. The average molecular weight is 336 g/mol. The number of benzene rings is 2. The molecule has 0 N–H and O–H groups in total. The lowest BCUT2D eigenvalue weighted by Crippen LogP contribution is -2.44. The van der Waals surface area contributed by atoms with E-state index in [1.54, 1.807) is 29.2 Å². The van der Waals surface area contributed by atoms with Crippen LogP contribution in [0.4, 0.5) is 0 Å². The quantitative estimate of drug-likeness (QED) is 0.841. The molecule has 2 aromatic rings.